The number of methoxy groups -OCH3 is 2. The molecule has 0 spiro atoms. The van der Waals surface area contributed by atoms with Crippen LogP contribution in [0.4, 0.5) is 8.78 Å². The lowest BCUT2D eigenvalue weighted by Crippen LogP contribution is -2.00. The second-order valence-corrected chi connectivity index (χ2v) is 6.03. The van der Waals surface area contributed by atoms with Crippen LogP contribution in [0.25, 0.3) is 0 Å². The molecule has 0 amide bonds. The normalized spacial score (nSPS) is 12.1. The Balaban J connectivity index is 2.46. The first kappa shape index (κ1) is 16.2. The molecule has 0 aliphatic heterocycles. The maximum absolute atomic E-state index is 13.8. The quantitative estimate of drug-likeness (QED) is 0.629. The SMILES string of the molecule is COc1ccc(C(Br)c2cc(Br)c(F)cc2OC)cc1F. The van der Waals surface area contributed by atoms with E-state index in [9.17, 15) is 8.78 Å². The van der Waals surface area contributed by atoms with Gasteiger partial charge in [0.15, 0.2) is 11.6 Å². The molecular weight excluding hydrogens is 410 g/mol. The maximum atomic E-state index is 13.8. The van der Waals surface area contributed by atoms with Crippen LogP contribution < -0.4 is 9.47 Å². The molecule has 2 aromatic carbocycles. The summed E-state index contributed by atoms with van der Waals surface area (Å²) < 4.78 is 37.8. The minimum atomic E-state index is -0.459. The molecule has 21 heavy (non-hydrogen) atoms. The predicted molar refractivity (Wildman–Crippen MR) is 84.4 cm³/mol. The smallest absolute Gasteiger partial charge is 0.165 e. The zero-order chi connectivity index (χ0) is 15.6. The van der Waals surface area contributed by atoms with Crippen LogP contribution in [0.3, 0.4) is 0 Å². The molecule has 1 atom stereocenters. The van der Waals surface area contributed by atoms with Gasteiger partial charge in [0.05, 0.1) is 23.5 Å². The Hall–Kier alpha value is -1.14. The summed E-state index contributed by atoms with van der Waals surface area (Å²) in [5, 5.41) is 0. The van der Waals surface area contributed by atoms with E-state index in [4.69, 9.17) is 9.47 Å². The highest BCUT2D eigenvalue weighted by Crippen LogP contribution is 2.39. The molecule has 6 heteroatoms. The second kappa shape index (κ2) is 6.75. The number of hydrogen-bond acceptors (Lipinski definition) is 2. The van der Waals surface area contributed by atoms with E-state index < -0.39 is 11.6 Å². The van der Waals surface area contributed by atoms with Crippen molar-refractivity contribution in [3.63, 3.8) is 0 Å². The van der Waals surface area contributed by atoms with Crippen LogP contribution in [0, 0.1) is 11.6 Å². The van der Waals surface area contributed by atoms with Gasteiger partial charge in [-0.15, -0.1) is 0 Å². The van der Waals surface area contributed by atoms with Gasteiger partial charge in [0, 0.05) is 11.6 Å². The summed E-state index contributed by atoms with van der Waals surface area (Å²) in [6.45, 7) is 0. The maximum Gasteiger partial charge on any atom is 0.165 e. The third kappa shape index (κ3) is 3.37. The molecule has 0 aromatic heterocycles. The average Bonchev–Trinajstić information content (AvgIpc) is 2.48. The molecule has 0 radical (unpaired) electrons. The van der Waals surface area contributed by atoms with Crippen LogP contribution in [-0.2, 0) is 0 Å². The fourth-order valence-electron chi connectivity index (χ4n) is 1.94. The first-order valence-electron chi connectivity index (χ1n) is 5.98. The third-order valence-electron chi connectivity index (χ3n) is 3.01. The van der Waals surface area contributed by atoms with Crippen LogP contribution in [0.2, 0.25) is 0 Å². The zero-order valence-corrected chi connectivity index (χ0v) is 14.5. The number of hydrogen-bond donors (Lipinski definition) is 0. The number of rotatable bonds is 4. The Morgan fingerprint density at radius 2 is 1.62 bits per heavy atom. The van der Waals surface area contributed by atoms with Crippen molar-refractivity contribution >= 4 is 31.9 Å². The molecule has 0 fully saturated rings. The molecule has 2 aromatic rings. The van der Waals surface area contributed by atoms with E-state index >= 15 is 0 Å². The van der Waals surface area contributed by atoms with Crippen LogP contribution in [0.1, 0.15) is 16.0 Å². The van der Waals surface area contributed by atoms with Crippen molar-refractivity contribution in [1.29, 1.82) is 0 Å². The Labute approximate surface area is 138 Å². The molecule has 0 heterocycles. The van der Waals surface area contributed by atoms with Crippen molar-refractivity contribution in [3.05, 3.63) is 57.6 Å². The zero-order valence-electron chi connectivity index (χ0n) is 11.3. The van der Waals surface area contributed by atoms with Crippen molar-refractivity contribution in [2.45, 2.75) is 4.83 Å². The van der Waals surface area contributed by atoms with E-state index in [-0.39, 0.29) is 10.6 Å². The summed E-state index contributed by atoms with van der Waals surface area (Å²) in [6, 6.07) is 7.54. The number of alkyl halides is 1. The van der Waals surface area contributed by atoms with Crippen LogP contribution in [0.15, 0.2) is 34.8 Å². The molecule has 0 aliphatic rings. The lowest BCUT2D eigenvalue weighted by Gasteiger charge is -2.16. The molecule has 0 bridgehead atoms. The average molecular weight is 422 g/mol. The Morgan fingerprint density at radius 3 is 2.19 bits per heavy atom. The van der Waals surface area contributed by atoms with E-state index in [2.05, 4.69) is 31.9 Å². The highest BCUT2D eigenvalue weighted by atomic mass is 79.9. The minimum absolute atomic E-state index is 0.172. The van der Waals surface area contributed by atoms with Crippen molar-refractivity contribution < 1.29 is 18.3 Å². The van der Waals surface area contributed by atoms with Crippen LogP contribution >= 0.6 is 31.9 Å². The molecule has 0 N–H and O–H groups in total. The number of benzene rings is 2. The fourth-order valence-corrected chi connectivity index (χ4v) is 2.94. The Morgan fingerprint density at radius 1 is 0.952 bits per heavy atom. The summed E-state index contributed by atoms with van der Waals surface area (Å²) in [5.41, 5.74) is 1.36. The summed E-state index contributed by atoms with van der Waals surface area (Å²) >= 11 is 6.64. The van der Waals surface area contributed by atoms with Gasteiger partial charge in [-0.1, -0.05) is 22.0 Å². The topological polar surface area (TPSA) is 18.5 Å². The summed E-state index contributed by atoms with van der Waals surface area (Å²) in [6.07, 6.45) is 0. The van der Waals surface area contributed by atoms with Gasteiger partial charge in [0.2, 0.25) is 0 Å². The van der Waals surface area contributed by atoms with E-state index in [1.807, 2.05) is 0 Å². The third-order valence-corrected chi connectivity index (χ3v) is 4.64. The highest BCUT2D eigenvalue weighted by Gasteiger charge is 2.19. The van der Waals surface area contributed by atoms with Gasteiger partial charge in [-0.2, -0.15) is 0 Å². The summed E-state index contributed by atoms with van der Waals surface area (Å²) in [7, 11) is 2.87. The molecule has 2 nitrogen and oxygen atoms in total. The molecule has 0 aliphatic carbocycles. The largest absolute Gasteiger partial charge is 0.496 e. The van der Waals surface area contributed by atoms with Gasteiger partial charge in [0.1, 0.15) is 11.6 Å². The lowest BCUT2D eigenvalue weighted by molar-refractivity contribution is 0.386. The van der Waals surface area contributed by atoms with Gasteiger partial charge >= 0.3 is 0 Å². The van der Waals surface area contributed by atoms with Crippen molar-refractivity contribution in [2.24, 2.45) is 0 Å². The van der Waals surface area contributed by atoms with Crippen molar-refractivity contribution in [1.82, 2.24) is 0 Å². The first-order chi connectivity index (χ1) is 9.97. The van der Waals surface area contributed by atoms with E-state index in [0.29, 0.717) is 21.3 Å². The standard InChI is InChI=1S/C15H12Br2F2O2/c1-20-13-4-3-8(5-12(13)19)15(17)9-6-10(16)11(18)7-14(9)21-2/h3-7,15H,1-2H3. The van der Waals surface area contributed by atoms with Gasteiger partial charge in [0.25, 0.3) is 0 Å². The van der Waals surface area contributed by atoms with Crippen LogP contribution in [0.5, 0.6) is 11.5 Å². The van der Waals surface area contributed by atoms with Crippen molar-refractivity contribution in [3.8, 4) is 11.5 Å². The number of halogens is 4. The molecular formula is C15H12Br2F2O2. The first-order valence-corrected chi connectivity index (χ1v) is 7.69. The number of ether oxygens (including phenoxy) is 2. The molecule has 0 saturated heterocycles. The highest BCUT2D eigenvalue weighted by molar-refractivity contribution is 9.10. The van der Waals surface area contributed by atoms with E-state index in [1.165, 1.54) is 26.4 Å². The van der Waals surface area contributed by atoms with E-state index in [0.717, 1.165) is 0 Å². The van der Waals surface area contributed by atoms with Gasteiger partial charge in [-0.3, -0.25) is 0 Å². The van der Waals surface area contributed by atoms with Crippen molar-refractivity contribution in [2.75, 3.05) is 14.2 Å². The Kier molecular flexibility index (Phi) is 5.22. The molecule has 112 valence electrons. The molecule has 2 rings (SSSR count). The lowest BCUT2D eigenvalue weighted by atomic mass is 10.0. The van der Waals surface area contributed by atoms with Gasteiger partial charge < -0.3 is 9.47 Å². The fraction of sp³-hybridized carbons (Fsp3) is 0.200. The summed E-state index contributed by atoms with van der Waals surface area (Å²) in [4.78, 5) is -0.343. The molecule has 0 saturated carbocycles. The van der Waals surface area contributed by atoms with Gasteiger partial charge in [-0.05, 0) is 39.7 Å². The van der Waals surface area contributed by atoms with Crippen LogP contribution in [-0.4, -0.2) is 14.2 Å². The van der Waals surface area contributed by atoms with Gasteiger partial charge in [-0.25, -0.2) is 8.78 Å². The summed E-state index contributed by atoms with van der Waals surface area (Å²) in [5.74, 6) is -0.324. The second-order valence-electron chi connectivity index (χ2n) is 4.26. The monoisotopic (exact) mass is 420 g/mol. The molecule has 1 unspecified atom stereocenters. The minimum Gasteiger partial charge on any atom is -0.496 e. The predicted octanol–water partition coefficient (Wildman–Crippen LogP) is 5.23. The van der Waals surface area contributed by atoms with E-state index in [1.54, 1.807) is 18.2 Å². The Bertz CT molecular complexity index is 662.